The summed E-state index contributed by atoms with van der Waals surface area (Å²) in [6.07, 6.45) is 4.50. The highest BCUT2D eigenvalue weighted by Crippen LogP contribution is 2.36. The number of aryl methyl sites for hydroxylation is 2. The molecule has 38 heavy (non-hydrogen) atoms. The van der Waals surface area contributed by atoms with E-state index < -0.39 is 6.61 Å². The first kappa shape index (κ1) is 25.8. The molecule has 0 spiro atoms. The van der Waals surface area contributed by atoms with E-state index in [0.29, 0.717) is 43.9 Å². The van der Waals surface area contributed by atoms with Gasteiger partial charge < -0.3 is 19.3 Å². The van der Waals surface area contributed by atoms with E-state index >= 15 is 0 Å². The number of hydrogen-bond donors (Lipinski definition) is 0. The largest absolute Gasteiger partial charge is 0.488 e. The van der Waals surface area contributed by atoms with E-state index in [1.165, 1.54) is 13.1 Å². The number of carbonyl (C=O) groups is 2. The normalized spacial score (nSPS) is 19.4. The smallest absolute Gasteiger partial charge is 0.388 e. The van der Waals surface area contributed by atoms with E-state index in [4.69, 9.17) is 4.74 Å². The number of alkyl halides is 2. The first-order valence-electron chi connectivity index (χ1n) is 12.7. The molecule has 0 bridgehead atoms. The molecule has 2 aliphatic rings. The van der Waals surface area contributed by atoms with Crippen LogP contribution in [0.5, 0.6) is 11.6 Å². The van der Waals surface area contributed by atoms with Gasteiger partial charge in [0.2, 0.25) is 17.7 Å². The molecule has 2 aliphatic heterocycles. The molecule has 2 atom stereocenters. The standard InChI is InChI=1S/C28H30F2N4O4/c1-16-12-20(13-32-26(16)38-28(29)30)22-6-9-31-23-4-5-24(17(2)25(22)23)37-21-8-11-34(15-21)27(36)19-7-10-33(14-19)18(3)35/h4-6,9,12-13,19,21,28H,7-8,10-11,14-15H2,1-3H3/t19-,21+/m1/s1. The number of amides is 2. The lowest BCUT2D eigenvalue weighted by Gasteiger charge is -2.22. The number of halogens is 2. The SMILES string of the molecule is CC(=O)N1CC[C@@H](C(=O)N2CC[C@H](Oc3ccc4nccc(-c5cnc(OC(F)F)c(C)c5)c4c3C)C2)C1. The summed E-state index contributed by atoms with van der Waals surface area (Å²) < 4.78 is 36.2. The molecule has 0 aliphatic carbocycles. The first-order valence-corrected chi connectivity index (χ1v) is 12.7. The van der Waals surface area contributed by atoms with Crippen molar-refractivity contribution >= 4 is 22.7 Å². The van der Waals surface area contributed by atoms with Gasteiger partial charge in [0.1, 0.15) is 11.9 Å². The van der Waals surface area contributed by atoms with Gasteiger partial charge in [-0.05, 0) is 50.1 Å². The highest BCUT2D eigenvalue weighted by molar-refractivity contribution is 5.98. The maximum Gasteiger partial charge on any atom is 0.388 e. The van der Waals surface area contributed by atoms with E-state index in [0.717, 1.165) is 34.0 Å². The molecule has 8 nitrogen and oxygen atoms in total. The van der Waals surface area contributed by atoms with Crippen molar-refractivity contribution in [3.8, 4) is 22.8 Å². The van der Waals surface area contributed by atoms with Gasteiger partial charge in [-0.25, -0.2) is 4.98 Å². The molecule has 5 rings (SSSR count). The van der Waals surface area contributed by atoms with Crippen LogP contribution in [-0.4, -0.2) is 70.5 Å². The molecule has 1 aromatic carbocycles. The lowest BCUT2D eigenvalue weighted by atomic mass is 9.98. The number of ether oxygens (including phenoxy) is 2. The molecule has 0 unspecified atom stereocenters. The number of rotatable bonds is 6. The first-order chi connectivity index (χ1) is 18.2. The Morgan fingerprint density at radius 2 is 1.84 bits per heavy atom. The van der Waals surface area contributed by atoms with Gasteiger partial charge in [-0.15, -0.1) is 0 Å². The van der Waals surface area contributed by atoms with Crippen LogP contribution in [0, 0.1) is 19.8 Å². The molecule has 4 heterocycles. The summed E-state index contributed by atoms with van der Waals surface area (Å²) >= 11 is 0. The third-order valence-electron chi connectivity index (χ3n) is 7.39. The van der Waals surface area contributed by atoms with Crippen molar-refractivity contribution in [2.45, 2.75) is 46.3 Å². The van der Waals surface area contributed by atoms with Crippen LogP contribution in [0.1, 0.15) is 30.9 Å². The Bertz CT molecular complexity index is 1380. The fraction of sp³-hybridized carbons (Fsp3) is 0.429. The molecule has 0 saturated carbocycles. The van der Waals surface area contributed by atoms with Crippen molar-refractivity contribution in [3.05, 3.63) is 47.8 Å². The Morgan fingerprint density at radius 3 is 2.55 bits per heavy atom. The number of carbonyl (C=O) groups excluding carboxylic acids is 2. The van der Waals surface area contributed by atoms with Crippen LogP contribution < -0.4 is 9.47 Å². The van der Waals surface area contributed by atoms with E-state index in [9.17, 15) is 18.4 Å². The van der Waals surface area contributed by atoms with Gasteiger partial charge >= 0.3 is 6.61 Å². The minimum absolute atomic E-state index is 0.00643. The van der Waals surface area contributed by atoms with Crippen LogP contribution in [0.3, 0.4) is 0 Å². The second kappa shape index (κ2) is 10.5. The fourth-order valence-electron chi connectivity index (χ4n) is 5.40. The Balaban J connectivity index is 1.34. The van der Waals surface area contributed by atoms with Crippen LogP contribution in [0.4, 0.5) is 8.78 Å². The molecule has 2 amide bonds. The zero-order chi connectivity index (χ0) is 27.0. The van der Waals surface area contributed by atoms with Crippen LogP contribution in [0.2, 0.25) is 0 Å². The number of hydrogen-bond acceptors (Lipinski definition) is 6. The molecule has 2 aromatic heterocycles. The van der Waals surface area contributed by atoms with Gasteiger partial charge in [0, 0.05) is 67.4 Å². The summed E-state index contributed by atoms with van der Waals surface area (Å²) in [5, 5.41) is 0.884. The molecule has 2 fully saturated rings. The monoisotopic (exact) mass is 524 g/mol. The maximum atomic E-state index is 13.0. The van der Waals surface area contributed by atoms with E-state index in [2.05, 4.69) is 14.7 Å². The number of nitrogens with zero attached hydrogens (tertiary/aromatic N) is 4. The molecular weight excluding hydrogens is 494 g/mol. The average molecular weight is 525 g/mol. The third kappa shape index (κ3) is 5.12. The zero-order valence-corrected chi connectivity index (χ0v) is 21.6. The lowest BCUT2D eigenvalue weighted by molar-refractivity contribution is -0.134. The second-order valence-electron chi connectivity index (χ2n) is 9.93. The summed E-state index contributed by atoms with van der Waals surface area (Å²) in [7, 11) is 0. The van der Waals surface area contributed by atoms with Crippen molar-refractivity contribution in [1.82, 2.24) is 19.8 Å². The Morgan fingerprint density at radius 1 is 1.05 bits per heavy atom. The highest BCUT2D eigenvalue weighted by atomic mass is 19.3. The summed E-state index contributed by atoms with van der Waals surface area (Å²) in [5.41, 5.74) is 3.79. The van der Waals surface area contributed by atoms with Crippen LogP contribution in [0.15, 0.2) is 36.7 Å². The second-order valence-corrected chi connectivity index (χ2v) is 9.93. The quantitative estimate of drug-likeness (QED) is 0.476. The van der Waals surface area contributed by atoms with Crippen molar-refractivity contribution < 1.29 is 27.8 Å². The van der Waals surface area contributed by atoms with Crippen molar-refractivity contribution in [2.75, 3.05) is 26.2 Å². The van der Waals surface area contributed by atoms with Crippen molar-refractivity contribution in [1.29, 1.82) is 0 Å². The number of pyridine rings is 2. The van der Waals surface area contributed by atoms with Gasteiger partial charge in [-0.3, -0.25) is 14.6 Å². The summed E-state index contributed by atoms with van der Waals surface area (Å²) in [6.45, 7) is 4.47. The van der Waals surface area contributed by atoms with E-state index in [-0.39, 0.29) is 29.7 Å². The van der Waals surface area contributed by atoms with Crippen molar-refractivity contribution in [2.24, 2.45) is 5.92 Å². The summed E-state index contributed by atoms with van der Waals surface area (Å²) in [4.78, 5) is 36.8. The van der Waals surface area contributed by atoms with Crippen LogP contribution >= 0.6 is 0 Å². The third-order valence-corrected chi connectivity index (χ3v) is 7.39. The van der Waals surface area contributed by atoms with Crippen LogP contribution in [0.25, 0.3) is 22.0 Å². The van der Waals surface area contributed by atoms with Gasteiger partial charge in [-0.2, -0.15) is 8.78 Å². The van der Waals surface area contributed by atoms with Crippen LogP contribution in [-0.2, 0) is 9.59 Å². The molecule has 0 N–H and O–H groups in total. The van der Waals surface area contributed by atoms with Gasteiger partial charge in [0.05, 0.1) is 18.0 Å². The molecule has 10 heteroatoms. The van der Waals surface area contributed by atoms with Gasteiger partial charge in [-0.1, -0.05) is 0 Å². The Labute approximate surface area is 219 Å². The molecule has 0 radical (unpaired) electrons. The minimum atomic E-state index is -2.94. The Hall–Kier alpha value is -3.82. The minimum Gasteiger partial charge on any atom is -0.488 e. The lowest BCUT2D eigenvalue weighted by Crippen LogP contribution is -2.37. The average Bonchev–Trinajstić information content (AvgIpc) is 3.56. The molecular formula is C28H30F2N4O4. The predicted octanol–water partition coefficient (Wildman–Crippen LogP) is 4.36. The van der Waals surface area contributed by atoms with Crippen molar-refractivity contribution in [3.63, 3.8) is 0 Å². The number of benzene rings is 1. The fourth-order valence-corrected chi connectivity index (χ4v) is 5.40. The highest BCUT2D eigenvalue weighted by Gasteiger charge is 2.36. The number of aromatic nitrogens is 2. The molecule has 200 valence electrons. The molecule has 2 saturated heterocycles. The number of likely N-dealkylation sites (tertiary alicyclic amines) is 2. The number of fused-ring (bicyclic) bond motifs is 1. The predicted molar refractivity (Wildman–Crippen MR) is 137 cm³/mol. The zero-order valence-electron chi connectivity index (χ0n) is 21.6. The summed E-state index contributed by atoms with van der Waals surface area (Å²) in [6, 6.07) is 7.42. The maximum absolute atomic E-state index is 13.0. The molecule has 3 aromatic rings. The Kier molecular flexibility index (Phi) is 7.14. The summed E-state index contributed by atoms with van der Waals surface area (Å²) in [5.74, 6) is 0.547. The van der Waals surface area contributed by atoms with E-state index in [1.54, 1.807) is 24.1 Å². The topological polar surface area (TPSA) is 84.9 Å². The van der Waals surface area contributed by atoms with Gasteiger partial charge in [0.15, 0.2) is 0 Å². The van der Waals surface area contributed by atoms with E-state index in [1.807, 2.05) is 30.0 Å². The van der Waals surface area contributed by atoms with Gasteiger partial charge in [0.25, 0.3) is 0 Å².